The Balaban J connectivity index is 2.33. The fourth-order valence-corrected chi connectivity index (χ4v) is 3.03. The smallest absolute Gasteiger partial charge is 0.129 e. The zero-order valence-electron chi connectivity index (χ0n) is 10.2. The molecule has 3 N–H and O–H groups in total. The Labute approximate surface area is 106 Å². The number of amidine groups is 1. The van der Waals surface area contributed by atoms with Gasteiger partial charge >= 0.3 is 0 Å². The van der Waals surface area contributed by atoms with Crippen molar-refractivity contribution in [2.75, 3.05) is 23.0 Å². The molecule has 1 aromatic rings. The molecule has 1 aliphatic rings. The summed E-state index contributed by atoms with van der Waals surface area (Å²) in [6.07, 6.45) is 0. The number of rotatable bonds is 2. The third-order valence-electron chi connectivity index (χ3n) is 2.91. The maximum Gasteiger partial charge on any atom is 0.129 e. The summed E-state index contributed by atoms with van der Waals surface area (Å²) < 4.78 is 0. The van der Waals surface area contributed by atoms with Gasteiger partial charge in [0.15, 0.2) is 0 Å². The van der Waals surface area contributed by atoms with Crippen LogP contribution in [0.15, 0.2) is 12.1 Å². The minimum Gasteiger partial charge on any atom is -0.384 e. The molecule has 0 saturated carbocycles. The van der Waals surface area contributed by atoms with Gasteiger partial charge in [-0.3, -0.25) is 5.41 Å². The van der Waals surface area contributed by atoms with Crippen molar-refractivity contribution in [3.8, 4) is 0 Å². The van der Waals surface area contributed by atoms with Crippen molar-refractivity contribution in [2.24, 2.45) is 5.73 Å². The van der Waals surface area contributed by atoms with Crippen LogP contribution in [0.3, 0.4) is 0 Å². The fourth-order valence-electron chi connectivity index (χ4n) is 2.02. The van der Waals surface area contributed by atoms with Crippen LogP contribution in [0, 0.1) is 12.3 Å². The summed E-state index contributed by atoms with van der Waals surface area (Å²) in [5.41, 5.74) is 7.23. The number of hydrogen-bond acceptors (Lipinski definition) is 4. The molecule has 0 bridgehead atoms. The first-order chi connectivity index (χ1) is 8.08. The Morgan fingerprint density at radius 3 is 3.00 bits per heavy atom. The quantitative estimate of drug-likeness (QED) is 0.618. The molecular weight excluding hydrogens is 232 g/mol. The number of nitrogens with two attached hydrogens (primary N) is 1. The average molecular weight is 250 g/mol. The molecule has 2 heterocycles. The molecule has 1 unspecified atom stereocenters. The van der Waals surface area contributed by atoms with Crippen LogP contribution in [0.5, 0.6) is 0 Å². The third kappa shape index (κ3) is 2.72. The number of thioether (sulfide) groups is 1. The van der Waals surface area contributed by atoms with Gasteiger partial charge in [-0.1, -0.05) is 0 Å². The van der Waals surface area contributed by atoms with Gasteiger partial charge in [0.1, 0.15) is 11.7 Å². The third-order valence-corrected chi connectivity index (χ3v) is 4.10. The molecule has 17 heavy (non-hydrogen) atoms. The Morgan fingerprint density at radius 2 is 2.35 bits per heavy atom. The molecule has 1 aromatic heterocycles. The Morgan fingerprint density at radius 1 is 1.59 bits per heavy atom. The van der Waals surface area contributed by atoms with Gasteiger partial charge < -0.3 is 10.6 Å². The van der Waals surface area contributed by atoms with E-state index in [0.717, 1.165) is 35.1 Å². The monoisotopic (exact) mass is 250 g/mol. The second-order valence-electron chi connectivity index (χ2n) is 4.39. The van der Waals surface area contributed by atoms with E-state index in [1.807, 2.05) is 30.8 Å². The van der Waals surface area contributed by atoms with Crippen molar-refractivity contribution in [1.29, 1.82) is 5.41 Å². The van der Waals surface area contributed by atoms with Gasteiger partial charge in [0.2, 0.25) is 0 Å². The summed E-state index contributed by atoms with van der Waals surface area (Å²) in [6, 6.07) is 4.26. The molecular formula is C12H18N4S. The number of aromatic nitrogens is 1. The minimum atomic E-state index is 0.107. The molecule has 0 amide bonds. The first-order valence-corrected chi connectivity index (χ1v) is 6.91. The Hall–Kier alpha value is -1.23. The number of pyridine rings is 1. The molecule has 1 atom stereocenters. The van der Waals surface area contributed by atoms with Gasteiger partial charge in [0.25, 0.3) is 0 Å². The summed E-state index contributed by atoms with van der Waals surface area (Å²) in [7, 11) is 0. The highest BCUT2D eigenvalue weighted by atomic mass is 32.2. The Kier molecular flexibility index (Phi) is 3.57. The first kappa shape index (κ1) is 12.2. The zero-order chi connectivity index (χ0) is 12.4. The van der Waals surface area contributed by atoms with Crippen LogP contribution < -0.4 is 10.6 Å². The number of anilines is 1. The predicted octanol–water partition coefficient (Wildman–Crippen LogP) is 1.62. The fraction of sp³-hybridized carbons (Fsp3) is 0.500. The van der Waals surface area contributed by atoms with E-state index in [2.05, 4.69) is 16.8 Å². The number of nitrogens with zero attached hydrogens (tertiary/aromatic N) is 2. The number of hydrogen-bond donors (Lipinski definition) is 2. The van der Waals surface area contributed by atoms with E-state index < -0.39 is 0 Å². The SMILES string of the molecule is Cc1cc(C(=N)N)cc(N2CCSCC2C)n1. The average Bonchev–Trinajstić information content (AvgIpc) is 2.28. The maximum atomic E-state index is 7.52. The van der Waals surface area contributed by atoms with E-state index >= 15 is 0 Å². The van der Waals surface area contributed by atoms with Gasteiger partial charge in [0.05, 0.1) is 0 Å². The van der Waals surface area contributed by atoms with Gasteiger partial charge in [-0.05, 0) is 26.0 Å². The highest BCUT2D eigenvalue weighted by Gasteiger charge is 2.20. The van der Waals surface area contributed by atoms with Gasteiger partial charge in [-0.2, -0.15) is 11.8 Å². The van der Waals surface area contributed by atoms with Crippen molar-refractivity contribution < 1.29 is 0 Å². The van der Waals surface area contributed by atoms with E-state index in [0.29, 0.717) is 6.04 Å². The number of nitrogens with one attached hydrogen (secondary N) is 1. The highest BCUT2D eigenvalue weighted by Crippen LogP contribution is 2.23. The lowest BCUT2D eigenvalue weighted by molar-refractivity contribution is 0.688. The second-order valence-corrected chi connectivity index (χ2v) is 5.54. The molecule has 0 aliphatic carbocycles. The van der Waals surface area contributed by atoms with Crippen molar-refractivity contribution in [1.82, 2.24) is 4.98 Å². The van der Waals surface area contributed by atoms with Crippen LogP contribution in [0.25, 0.3) is 0 Å². The summed E-state index contributed by atoms with van der Waals surface area (Å²) in [6.45, 7) is 5.17. The predicted molar refractivity (Wildman–Crippen MR) is 74.1 cm³/mol. The molecule has 1 aliphatic heterocycles. The molecule has 0 aromatic carbocycles. The summed E-state index contributed by atoms with van der Waals surface area (Å²) in [4.78, 5) is 6.86. The zero-order valence-corrected chi connectivity index (χ0v) is 11.0. The van der Waals surface area contributed by atoms with Gasteiger partial charge in [0, 0.05) is 35.3 Å². The first-order valence-electron chi connectivity index (χ1n) is 5.75. The lowest BCUT2D eigenvalue weighted by Crippen LogP contribution is -2.41. The molecule has 1 fully saturated rings. The van der Waals surface area contributed by atoms with Crippen molar-refractivity contribution in [3.05, 3.63) is 23.4 Å². The van der Waals surface area contributed by atoms with Crippen LogP contribution >= 0.6 is 11.8 Å². The Bertz CT molecular complexity index is 433. The van der Waals surface area contributed by atoms with Crippen molar-refractivity contribution in [3.63, 3.8) is 0 Å². The number of nitrogen functional groups attached to an aromatic ring is 1. The van der Waals surface area contributed by atoms with E-state index in [-0.39, 0.29) is 5.84 Å². The molecule has 4 nitrogen and oxygen atoms in total. The lowest BCUT2D eigenvalue weighted by atomic mass is 10.2. The van der Waals surface area contributed by atoms with Crippen LogP contribution in [-0.4, -0.2) is 34.9 Å². The lowest BCUT2D eigenvalue weighted by Gasteiger charge is -2.34. The molecule has 92 valence electrons. The largest absolute Gasteiger partial charge is 0.384 e. The van der Waals surface area contributed by atoms with E-state index in [1.54, 1.807) is 0 Å². The van der Waals surface area contributed by atoms with Crippen molar-refractivity contribution >= 4 is 23.4 Å². The van der Waals surface area contributed by atoms with E-state index in [4.69, 9.17) is 11.1 Å². The maximum absolute atomic E-state index is 7.52. The van der Waals surface area contributed by atoms with Crippen molar-refractivity contribution in [2.45, 2.75) is 19.9 Å². The summed E-state index contributed by atoms with van der Waals surface area (Å²) in [5.74, 6) is 3.32. The topological polar surface area (TPSA) is 66.0 Å². The van der Waals surface area contributed by atoms with Crippen LogP contribution in [0.2, 0.25) is 0 Å². The van der Waals surface area contributed by atoms with Gasteiger partial charge in [-0.25, -0.2) is 4.98 Å². The molecule has 0 radical (unpaired) electrons. The molecule has 1 saturated heterocycles. The van der Waals surface area contributed by atoms with E-state index in [9.17, 15) is 0 Å². The molecule has 2 rings (SSSR count). The summed E-state index contributed by atoms with van der Waals surface area (Å²) >= 11 is 1.98. The van der Waals surface area contributed by atoms with E-state index in [1.165, 1.54) is 0 Å². The highest BCUT2D eigenvalue weighted by molar-refractivity contribution is 7.99. The number of aryl methyl sites for hydroxylation is 1. The van der Waals surface area contributed by atoms with Crippen LogP contribution in [0.1, 0.15) is 18.2 Å². The van der Waals surface area contributed by atoms with Crippen LogP contribution in [0.4, 0.5) is 5.82 Å². The van der Waals surface area contributed by atoms with Gasteiger partial charge in [-0.15, -0.1) is 0 Å². The summed E-state index contributed by atoms with van der Waals surface area (Å²) in [5, 5.41) is 7.52. The van der Waals surface area contributed by atoms with Crippen LogP contribution in [-0.2, 0) is 0 Å². The normalized spacial score (nSPS) is 20.4. The minimum absolute atomic E-state index is 0.107. The molecule has 5 heteroatoms. The second kappa shape index (κ2) is 4.96. The molecule has 0 spiro atoms. The standard InChI is InChI=1S/C12H18N4S/c1-8-5-10(12(13)14)6-11(15-8)16-3-4-17-7-9(16)2/h5-6,9H,3-4,7H2,1-2H3,(H3,13,14).